The number of aromatic nitrogens is 1. The molecule has 0 saturated carbocycles. The Labute approximate surface area is 165 Å². The Balaban J connectivity index is 1.87. The van der Waals surface area contributed by atoms with Gasteiger partial charge in [-0.3, -0.25) is 4.31 Å². The molecule has 3 rings (SSSR count). The number of anilines is 3. The maximum atomic E-state index is 13.0. The molecule has 0 aliphatic heterocycles. The van der Waals surface area contributed by atoms with Crippen molar-refractivity contribution in [1.29, 1.82) is 0 Å². The van der Waals surface area contributed by atoms with Gasteiger partial charge in [0.25, 0.3) is 10.0 Å². The SMILES string of the molecule is CCN(c1ccccc1)S(=O)(=O)c1ccc(Nc2cc(C)ccc2OC)nc1. The van der Waals surface area contributed by atoms with E-state index in [4.69, 9.17) is 4.74 Å². The van der Waals surface area contributed by atoms with Gasteiger partial charge in [0.1, 0.15) is 16.5 Å². The first-order valence-corrected chi connectivity index (χ1v) is 10.3. The van der Waals surface area contributed by atoms with Gasteiger partial charge < -0.3 is 10.1 Å². The fourth-order valence-corrected chi connectivity index (χ4v) is 4.30. The molecule has 28 heavy (non-hydrogen) atoms. The lowest BCUT2D eigenvalue weighted by Crippen LogP contribution is -2.30. The van der Waals surface area contributed by atoms with Gasteiger partial charge in [-0.15, -0.1) is 0 Å². The molecule has 1 aromatic heterocycles. The number of aryl methyl sites for hydroxylation is 1. The second-order valence-corrected chi connectivity index (χ2v) is 8.08. The number of benzene rings is 2. The van der Waals surface area contributed by atoms with Crippen LogP contribution in [0.25, 0.3) is 0 Å². The Kier molecular flexibility index (Phi) is 5.84. The van der Waals surface area contributed by atoms with E-state index in [1.54, 1.807) is 38.3 Å². The molecule has 0 amide bonds. The quantitative estimate of drug-likeness (QED) is 0.641. The van der Waals surface area contributed by atoms with Gasteiger partial charge in [0.15, 0.2) is 0 Å². The first-order valence-electron chi connectivity index (χ1n) is 8.91. The van der Waals surface area contributed by atoms with Crippen LogP contribution in [0.3, 0.4) is 0 Å². The van der Waals surface area contributed by atoms with E-state index in [1.165, 1.54) is 10.5 Å². The van der Waals surface area contributed by atoms with Crippen molar-refractivity contribution in [2.24, 2.45) is 0 Å². The highest BCUT2D eigenvalue weighted by atomic mass is 32.2. The number of para-hydroxylation sites is 1. The van der Waals surface area contributed by atoms with Gasteiger partial charge in [-0.2, -0.15) is 0 Å². The van der Waals surface area contributed by atoms with E-state index in [0.29, 0.717) is 23.8 Å². The standard InChI is InChI=1S/C21H23N3O3S/c1-4-24(17-8-6-5-7-9-17)28(25,26)18-11-13-21(22-15-18)23-19-14-16(2)10-12-20(19)27-3/h5-15H,4H2,1-3H3,(H,22,23). The third kappa shape index (κ3) is 4.09. The van der Waals surface area contributed by atoms with E-state index in [-0.39, 0.29) is 4.90 Å². The van der Waals surface area contributed by atoms with Crippen LogP contribution >= 0.6 is 0 Å². The van der Waals surface area contributed by atoms with Crippen molar-refractivity contribution in [3.05, 3.63) is 72.4 Å². The third-order valence-electron chi connectivity index (χ3n) is 4.27. The van der Waals surface area contributed by atoms with Crippen LogP contribution < -0.4 is 14.4 Å². The molecule has 2 aromatic carbocycles. The van der Waals surface area contributed by atoms with Crippen molar-refractivity contribution >= 4 is 27.2 Å². The zero-order chi connectivity index (χ0) is 20.1. The highest BCUT2D eigenvalue weighted by molar-refractivity contribution is 7.92. The minimum Gasteiger partial charge on any atom is -0.495 e. The molecule has 0 bridgehead atoms. The van der Waals surface area contributed by atoms with Crippen LogP contribution in [0.2, 0.25) is 0 Å². The number of pyridine rings is 1. The van der Waals surface area contributed by atoms with Crippen LogP contribution in [0, 0.1) is 6.92 Å². The average molecular weight is 398 g/mol. The third-order valence-corrected chi connectivity index (χ3v) is 6.16. The number of rotatable bonds is 7. The molecule has 1 N–H and O–H groups in total. The number of hydrogen-bond acceptors (Lipinski definition) is 5. The Bertz CT molecular complexity index is 1040. The summed E-state index contributed by atoms with van der Waals surface area (Å²) >= 11 is 0. The maximum absolute atomic E-state index is 13.0. The predicted molar refractivity (Wildman–Crippen MR) is 112 cm³/mol. The number of sulfonamides is 1. The molecule has 0 spiro atoms. The molecule has 0 atom stereocenters. The topological polar surface area (TPSA) is 71.5 Å². The number of hydrogen-bond donors (Lipinski definition) is 1. The molecule has 0 fully saturated rings. The van der Waals surface area contributed by atoms with E-state index in [9.17, 15) is 8.42 Å². The van der Waals surface area contributed by atoms with Crippen molar-refractivity contribution in [3.8, 4) is 5.75 Å². The Morgan fingerprint density at radius 2 is 1.82 bits per heavy atom. The molecule has 0 unspecified atom stereocenters. The van der Waals surface area contributed by atoms with Gasteiger partial charge in [-0.25, -0.2) is 13.4 Å². The van der Waals surface area contributed by atoms with E-state index in [0.717, 1.165) is 11.3 Å². The summed E-state index contributed by atoms with van der Waals surface area (Å²) < 4.78 is 32.8. The number of nitrogens with zero attached hydrogens (tertiary/aromatic N) is 2. The smallest absolute Gasteiger partial charge is 0.265 e. The second kappa shape index (κ2) is 8.31. The highest BCUT2D eigenvalue weighted by Crippen LogP contribution is 2.29. The van der Waals surface area contributed by atoms with Crippen LogP contribution in [0.15, 0.2) is 71.8 Å². The molecule has 146 valence electrons. The summed E-state index contributed by atoms with van der Waals surface area (Å²) in [5, 5.41) is 3.17. The van der Waals surface area contributed by atoms with Crippen molar-refractivity contribution in [1.82, 2.24) is 4.98 Å². The lowest BCUT2D eigenvalue weighted by Gasteiger charge is -2.22. The molecule has 0 aliphatic rings. The minimum atomic E-state index is -3.69. The first-order chi connectivity index (χ1) is 13.5. The van der Waals surface area contributed by atoms with Crippen molar-refractivity contribution < 1.29 is 13.2 Å². The van der Waals surface area contributed by atoms with Gasteiger partial charge in [-0.05, 0) is 55.8 Å². The lowest BCUT2D eigenvalue weighted by molar-refractivity contribution is 0.416. The average Bonchev–Trinajstić information content (AvgIpc) is 2.70. The summed E-state index contributed by atoms with van der Waals surface area (Å²) in [4.78, 5) is 4.42. The Hall–Kier alpha value is -3.06. The lowest BCUT2D eigenvalue weighted by atomic mass is 10.2. The molecule has 3 aromatic rings. The molecular formula is C21H23N3O3S. The van der Waals surface area contributed by atoms with Crippen LogP contribution in [-0.2, 0) is 10.0 Å². The van der Waals surface area contributed by atoms with Crippen molar-refractivity contribution in [2.45, 2.75) is 18.7 Å². The number of nitrogens with one attached hydrogen (secondary N) is 1. The molecule has 1 heterocycles. The van der Waals surface area contributed by atoms with E-state index >= 15 is 0 Å². The summed E-state index contributed by atoms with van der Waals surface area (Å²) in [6, 6.07) is 18.0. The highest BCUT2D eigenvalue weighted by Gasteiger charge is 2.23. The van der Waals surface area contributed by atoms with Crippen LogP contribution in [0.1, 0.15) is 12.5 Å². The van der Waals surface area contributed by atoms with Gasteiger partial charge >= 0.3 is 0 Å². The molecular weight excluding hydrogens is 374 g/mol. The Morgan fingerprint density at radius 1 is 1.07 bits per heavy atom. The van der Waals surface area contributed by atoms with Gasteiger partial charge in [0.05, 0.1) is 18.5 Å². The summed E-state index contributed by atoms with van der Waals surface area (Å²) in [6.45, 7) is 4.11. The molecule has 6 nitrogen and oxygen atoms in total. The van der Waals surface area contributed by atoms with Crippen molar-refractivity contribution in [3.63, 3.8) is 0 Å². The summed E-state index contributed by atoms with van der Waals surface area (Å²) in [5.74, 6) is 1.22. The zero-order valence-electron chi connectivity index (χ0n) is 16.1. The predicted octanol–water partition coefficient (Wildman–Crippen LogP) is 4.36. The van der Waals surface area contributed by atoms with Gasteiger partial charge in [0.2, 0.25) is 0 Å². The fourth-order valence-electron chi connectivity index (χ4n) is 2.88. The number of ether oxygens (including phenoxy) is 1. The summed E-state index contributed by atoms with van der Waals surface area (Å²) in [7, 11) is -2.10. The zero-order valence-corrected chi connectivity index (χ0v) is 16.9. The molecule has 0 aliphatic carbocycles. The van der Waals surface area contributed by atoms with Crippen molar-refractivity contribution in [2.75, 3.05) is 23.3 Å². The van der Waals surface area contributed by atoms with E-state index < -0.39 is 10.0 Å². The van der Waals surface area contributed by atoms with Crippen LogP contribution in [0.4, 0.5) is 17.2 Å². The molecule has 7 heteroatoms. The normalized spacial score (nSPS) is 11.1. The van der Waals surface area contributed by atoms with Gasteiger partial charge in [-0.1, -0.05) is 24.3 Å². The largest absolute Gasteiger partial charge is 0.495 e. The van der Waals surface area contributed by atoms with Crippen LogP contribution in [0.5, 0.6) is 5.75 Å². The van der Waals surface area contributed by atoms with Crippen LogP contribution in [-0.4, -0.2) is 27.1 Å². The fraction of sp³-hybridized carbons (Fsp3) is 0.190. The van der Waals surface area contributed by atoms with Gasteiger partial charge in [0, 0.05) is 12.7 Å². The van der Waals surface area contributed by atoms with E-state index in [1.807, 2.05) is 43.3 Å². The minimum absolute atomic E-state index is 0.139. The summed E-state index contributed by atoms with van der Waals surface area (Å²) in [6.07, 6.45) is 1.37. The van der Waals surface area contributed by atoms with E-state index in [2.05, 4.69) is 10.3 Å². The summed E-state index contributed by atoms with van der Waals surface area (Å²) in [5.41, 5.74) is 2.46. The maximum Gasteiger partial charge on any atom is 0.265 e. The number of methoxy groups -OCH3 is 1. The Morgan fingerprint density at radius 3 is 2.43 bits per heavy atom. The molecule has 0 saturated heterocycles. The first kappa shape index (κ1) is 19.7. The monoisotopic (exact) mass is 397 g/mol. The second-order valence-electron chi connectivity index (χ2n) is 6.21. The molecule has 0 radical (unpaired) electrons.